The highest BCUT2D eigenvalue weighted by Gasteiger charge is 2.34. The summed E-state index contributed by atoms with van der Waals surface area (Å²) >= 11 is 0. The molecule has 5 heteroatoms. The van der Waals surface area contributed by atoms with Gasteiger partial charge in [0.1, 0.15) is 0 Å². The lowest BCUT2D eigenvalue weighted by molar-refractivity contribution is -0.121. The van der Waals surface area contributed by atoms with Gasteiger partial charge in [-0.2, -0.15) is 0 Å². The maximum Gasteiger partial charge on any atom is 0.228 e. The first-order valence-corrected chi connectivity index (χ1v) is 8.36. The number of hydrogen-bond donors (Lipinski definition) is 1. The molecule has 1 N–H and O–H groups in total. The monoisotopic (exact) mass is 343 g/mol. The van der Waals surface area contributed by atoms with E-state index in [-0.39, 0.29) is 17.8 Å². The van der Waals surface area contributed by atoms with E-state index in [1.54, 1.807) is 0 Å². The molecule has 0 bridgehead atoms. The number of carbonyl (C=O) groups excluding carboxylic acids is 2. The molecular formula is C19H30O5. The molecule has 5 nitrogen and oxygen atoms in total. The first-order chi connectivity index (χ1) is 13.4. The smallest absolute Gasteiger partial charge is 0.228 e. The predicted octanol–water partition coefficient (Wildman–Crippen LogP) is 3.46. The Morgan fingerprint density at radius 2 is 1.46 bits per heavy atom. The van der Waals surface area contributed by atoms with Crippen LogP contribution >= 0.6 is 0 Å². The van der Waals surface area contributed by atoms with Crippen LogP contribution in [0.5, 0.6) is 0 Å². The second kappa shape index (κ2) is 11.0. The topological polar surface area (TPSA) is 72.8 Å². The number of rotatable bonds is 12. The fraction of sp³-hybridized carbons (Fsp3) is 0.684. The summed E-state index contributed by atoms with van der Waals surface area (Å²) in [5.41, 5.74) is 0.517. The Morgan fingerprint density at radius 1 is 0.917 bits per heavy atom. The normalized spacial score (nSPS) is 19.5. The summed E-state index contributed by atoms with van der Waals surface area (Å²) in [6.45, 7) is -0.607. The summed E-state index contributed by atoms with van der Waals surface area (Å²) < 4.78 is 45.3. The van der Waals surface area contributed by atoms with Crippen LogP contribution in [0.4, 0.5) is 0 Å². The van der Waals surface area contributed by atoms with Crippen LogP contribution < -0.4 is 0 Å². The van der Waals surface area contributed by atoms with Gasteiger partial charge in [-0.1, -0.05) is 38.5 Å². The summed E-state index contributed by atoms with van der Waals surface area (Å²) in [6, 6.07) is 0. The standard InChI is InChI=1S/C19H30O5/c1-14-15(12-10-8-6-4-5-7-9-11-13-20)17(22)19(24-3)18(23-2)16(14)21/h20H,4-13H2,1-3H3/i2D3,13D2. The van der Waals surface area contributed by atoms with Crippen molar-refractivity contribution in [2.45, 2.75) is 64.7 Å². The van der Waals surface area contributed by atoms with Crippen LogP contribution in [0.1, 0.15) is 71.6 Å². The Morgan fingerprint density at radius 3 is 2.00 bits per heavy atom. The fourth-order valence-corrected chi connectivity index (χ4v) is 2.79. The van der Waals surface area contributed by atoms with E-state index in [1.165, 1.54) is 14.0 Å². The molecule has 0 aromatic carbocycles. The number of methoxy groups -OCH3 is 2. The highest BCUT2D eigenvalue weighted by molar-refractivity contribution is 6.23. The zero-order chi connectivity index (χ0) is 22.2. The lowest BCUT2D eigenvalue weighted by atomic mass is 9.89. The van der Waals surface area contributed by atoms with Crippen molar-refractivity contribution in [2.24, 2.45) is 0 Å². The molecule has 0 aromatic rings. The molecule has 0 aromatic heterocycles. The van der Waals surface area contributed by atoms with E-state index in [4.69, 9.17) is 21.4 Å². The number of hydrogen-bond acceptors (Lipinski definition) is 5. The third-order valence-corrected chi connectivity index (χ3v) is 4.21. The molecule has 1 rings (SSSR count). The minimum Gasteiger partial charge on any atom is -0.489 e. The van der Waals surface area contributed by atoms with Gasteiger partial charge in [-0.15, -0.1) is 0 Å². The Bertz CT molecular complexity index is 659. The lowest BCUT2D eigenvalue weighted by Gasteiger charge is -2.20. The van der Waals surface area contributed by atoms with Crippen LogP contribution in [0.25, 0.3) is 0 Å². The highest BCUT2D eigenvalue weighted by Crippen LogP contribution is 2.28. The van der Waals surface area contributed by atoms with Gasteiger partial charge in [0.2, 0.25) is 23.1 Å². The van der Waals surface area contributed by atoms with E-state index in [9.17, 15) is 9.59 Å². The predicted molar refractivity (Wildman–Crippen MR) is 92.4 cm³/mol. The van der Waals surface area contributed by atoms with Gasteiger partial charge in [0, 0.05) is 17.7 Å². The van der Waals surface area contributed by atoms with Crippen molar-refractivity contribution >= 4 is 11.6 Å². The summed E-state index contributed by atoms with van der Waals surface area (Å²) in [5, 5.41) is 9.01. The number of allylic oxidation sites excluding steroid dienone is 2. The van der Waals surface area contributed by atoms with Crippen molar-refractivity contribution in [3.05, 3.63) is 22.7 Å². The second-order valence-electron chi connectivity index (χ2n) is 5.86. The van der Waals surface area contributed by atoms with E-state index in [0.717, 1.165) is 32.1 Å². The molecule has 0 fully saturated rings. The fourth-order valence-electron chi connectivity index (χ4n) is 2.79. The number of unbranched alkanes of at least 4 members (excludes halogenated alkanes) is 6. The number of carbonyl (C=O) groups is 2. The van der Waals surface area contributed by atoms with Gasteiger partial charge >= 0.3 is 0 Å². The molecule has 1 aliphatic carbocycles. The van der Waals surface area contributed by atoms with Gasteiger partial charge < -0.3 is 14.6 Å². The highest BCUT2D eigenvalue weighted by atomic mass is 16.5. The summed E-state index contributed by atoms with van der Waals surface area (Å²) in [7, 11) is -1.66. The number of ether oxygens (including phenoxy) is 2. The van der Waals surface area contributed by atoms with Gasteiger partial charge in [-0.25, -0.2) is 0 Å². The van der Waals surface area contributed by atoms with Gasteiger partial charge in [-0.3, -0.25) is 9.59 Å². The quantitative estimate of drug-likeness (QED) is 0.434. The molecule has 0 amide bonds. The second-order valence-corrected chi connectivity index (χ2v) is 5.86. The van der Waals surface area contributed by atoms with E-state index in [0.29, 0.717) is 24.8 Å². The van der Waals surface area contributed by atoms with Crippen molar-refractivity contribution < 1.29 is 31.0 Å². The number of Topliss-reactive ketones (excluding diaryl/α,β-unsaturated/α-hetero) is 2. The summed E-state index contributed by atoms with van der Waals surface area (Å²) in [6.07, 6.45) is 6.46. The van der Waals surface area contributed by atoms with Gasteiger partial charge in [-0.05, 0) is 26.2 Å². The Hall–Kier alpha value is -1.62. The zero-order valence-corrected chi connectivity index (χ0v) is 14.4. The zero-order valence-electron chi connectivity index (χ0n) is 19.4. The molecule has 1 aliphatic rings. The van der Waals surface area contributed by atoms with E-state index in [1.807, 2.05) is 0 Å². The molecule has 0 saturated carbocycles. The van der Waals surface area contributed by atoms with Crippen molar-refractivity contribution in [3.63, 3.8) is 0 Å². The first kappa shape index (κ1) is 13.6. The van der Waals surface area contributed by atoms with Crippen LogP contribution in [0.15, 0.2) is 22.7 Å². The first-order valence-electron chi connectivity index (χ1n) is 10.9. The molecule has 24 heavy (non-hydrogen) atoms. The lowest BCUT2D eigenvalue weighted by Crippen LogP contribution is -2.25. The Kier molecular flexibility index (Phi) is 6.27. The van der Waals surface area contributed by atoms with Crippen LogP contribution in [0, 0.1) is 0 Å². The van der Waals surface area contributed by atoms with Crippen molar-refractivity contribution in [1.29, 1.82) is 0 Å². The van der Waals surface area contributed by atoms with Crippen LogP contribution in [-0.2, 0) is 19.1 Å². The molecular weight excluding hydrogens is 308 g/mol. The van der Waals surface area contributed by atoms with E-state index in [2.05, 4.69) is 0 Å². The molecule has 136 valence electrons. The molecule has 0 spiro atoms. The number of aliphatic hydroxyl groups is 1. The van der Waals surface area contributed by atoms with Crippen LogP contribution in [0.3, 0.4) is 0 Å². The van der Waals surface area contributed by atoms with Gasteiger partial charge in [0.25, 0.3) is 0 Å². The maximum absolute atomic E-state index is 12.6. The van der Waals surface area contributed by atoms with Gasteiger partial charge in [0.15, 0.2) is 0 Å². The average molecular weight is 343 g/mol. The summed E-state index contributed by atoms with van der Waals surface area (Å²) in [4.78, 5) is 25.1. The molecule has 0 atom stereocenters. The van der Waals surface area contributed by atoms with E-state index < -0.39 is 30.9 Å². The largest absolute Gasteiger partial charge is 0.489 e. The minimum atomic E-state index is -2.85. The SMILES string of the molecule is [2H]C([2H])(O)CCCCCCCCCC1=C(C)C(=O)C(OC([2H])([2H])[2H])=C(OC)C1=O. The maximum atomic E-state index is 12.6. The third kappa shape index (κ3) is 5.48. The van der Waals surface area contributed by atoms with Crippen molar-refractivity contribution in [2.75, 3.05) is 20.7 Å². The molecule has 0 saturated heterocycles. The Labute approximate surface area is 151 Å². The van der Waals surface area contributed by atoms with Gasteiger partial charge in [0.05, 0.1) is 21.0 Å². The number of ketones is 2. The molecule has 0 radical (unpaired) electrons. The van der Waals surface area contributed by atoms with Crippen molar-refractivity contribution in [1.82, 2.24) is 0 Å². The van der Waals surface area contributed by atoms with Crippen LogP contribution in [-0.4, -0.2) is 37.4 Å². The molecule has 0 heterocycles. The van der Waals surface area contributed by atoms with Crippen LogP contribution in [0.2, 0.25) is 0 Å². The minimum absolute atomic E-state index is 0.138. The average Bonchev–Trinajstić information content (AvgIpc) is 2.59. The summed E-state index contributed by atoms with van der Waals surface area (Å²) in [5.74, 6) is -2.08. The molecule has 0 aliphatic heterocycles. The Balaban J connectivity index is 2.49. The molecule has 0 unspecified atom stereocenters. The van der Waals surface area contributed by atoms with E-state index >= 15 is 0 Å². The third-order valence-electron chi connectivity index (χ3n) is 4.21. The van der Waals surface area contributed by atoms with Crippen molar-refractivity contribution in [3.8, 4) is 0 Å².